The number of fused-ring (bicyclic) bond motifs is 1. The van der Waals surface area contributed by atoms with Crippen molar-refractivity contribution < 1.29 is 13.3 Å². The molecule has 0 amide bonds. The van der Waals surface area contributed by atoms with E-state index in [0.717, 1.165) is 54.9 Å². The van der Waals surface area contributed by atoms with Gasteiger partial charge in [-0.15, -0.1) is 11.8 Å². The molecule has 1 atom stereocenters. The maximum absolute atomic E-state index is 13.6. The summed E-state index contributed by atoms with van der Waals surface area (Å²) in [5.41, 5.74) is 4.96. The zero-order valence-corrected chi connectivity index (χ0v) is 31.8. The van der Waals surface area contributed by atoms with Crippen LogP contribution in [0, 0.1) is 10.1 Å². The first kappa shape index (κ1) is 37.1. The predicted molar refractivity (Wildman–Crippen MR) is 218 cm³/mol. The Hall–Kier alpha value is -5.21. The summed E-state index contributed by atoms with van der Waals surface area (Å²) >= 11 is 8.03. The Morgan fingerprint density at radius 3 is 2.37 bits per heavy atom. The number of halogens is 1. The minimum Gasteiger partial charge on any atom is -0.376 e. The van der Waals surface area contributed by atoms with Crippen LogP contribution in [-0.2, 0) is 16.6 Å². The van der Waals surface area contributed by atoms with Crippen molar-refractivity contribution in [2.24, 2.45) is 0 Å². The summed E-state index contributed by atoms with van der Waals surface area (Å²) < 4.78 is 29.7. The molecule has 0 radical (unpaired) electrons. The topological polar surface area (TPSA) is 134 Å². The second-order valence-corrected chi connectivity index (χ2v) is 16.3. The van der Waals surface area contributed by atoms with E-state index in [2.05, 4.69) is 48.0 Å². The van der Waals surface area contributed by atoms with Gasteiger partial charge in [0.1, 0.15) is 12.0 Å². The van der Waals surface area contributed by atoms with Crippen molar-refractivity contribution in [2.75, 3.05) is 46.9 Å². The molecule has 11 nitrogen and oxygen atoms in total. The van der Waals surface area contributed by atoms with Gasteiger partial charge < -0.3 is 10.2 Å². The van der Waals surface area contributed by atoms with Crippen molar-refractivity contribution in [3.8, 4) is 11.1 Å². The summed E-state index contributed by atoms with van der Waals surface area (Å²) in [6, 6.07) is 35.6. The summed E-state index contributed by atoms with van der Waals surface area (Å²) in [6.45, 7) is 5.99. The Bertz CT molecular complexity index is 2380. The standard InChI is InChI=1S/C40H38ClN7O4S2/c1-28(26-53-33-10-6-3-7-11-33)44-37-17-14-34(24-39(37)48(49)50)54(51,52)45-40-36-16-13-32(23-38(36)42-27-43-40)47-20-18-46(19-21-47)25-30-22-31(41)12-15-35(30)29-8-4-2-5-9-29/h2-17,22-24,27-28,44H,18-21,25-26H2,1H3,(H,42,43,45)/t28-/m1/s1. The first-order chi connectivity index (χ1) is 26.1. The number of nitrogens with one attached hydrogen (secondary N) is 2. The van der Waals surface area contributed by atoms with Crippen LogP contribution in [0.25, 0.3) is 22.0 Å². The molecule has 0 spiro atoms. The van der Waals surface area contributed by atoms with Gasteiger partial charge in [-0.25, -0.2) is 18.4 Å². The zero-order valence-electron chi connectivity index (χ0n) is 29.4. The number of nitrogens with zero attached hydrogens (tertiary/aromatic N) is 5. The third-order valence-corrected chi connectivity index (χ3v) is 12.1. The van der Waals surface area contributed by atoms with E-state index in [-0.39, 0.29) is 28.1 Å². The highest BCUT2D eigenvalue weighted by Crippen LogP contribution is 2.32. The van der Waals surface area contributed by atoms with Crippen molar-refractivity contribution in [3.63, 3.8) is 0 Å². The van der Waals surface area contributed by atoms with Crippen LogP contribution in [0.5, 0.6) is 0 Å². The molecule has 1 fully saturated rings. The van der Waals surface area contributed by atoms with Gasteiger partial charge in [-0.3, -0.25) is 19.7 Å². The third-order valence-electron chi connectivity index (χ3n) is 9.26. The number of benzene rings is 5. The molecule has 1 aliphatic heterocycles. The number of hydrogen-bond acceptors (Lipinski definition) is 10. The van der Waals surface area contributed by atoms with Gasteiger partial charge >= 0.3 is 0 Å². The Labute approximate surface area is 323 Å². The Balaban J connectivity index is 1.01. The highest BCUT2D eigenvalue weighted by atomic mass is 35.5. The number of rotatable bonds is 13. The summed E-state index contributed by atoms with van der Waals surface area (Å²) in [5.74, 6) is 0.741. The lowest BCUT2D eigenvalue weighted by Crippen LogP contribution is -2.46. The lowest BCUT2D eigenvalue weighted by molar-refractivity contribution is -0.384. The second-order valence-electron chi connectivity index (χ2n) is 13.1. The number of anilines is 3. The minimum absolute atomic E-state index is 0.0866. The van der Waals surface area contributed by atoms with Crippen molar-refractivity contribution in [3.05, 3.63) is 142 Å². The van der Waals surface area contributed by atoms with Crippen LogP contribution >= 0.6 is 23.4 Å². The predicted octanol–water partition coefficient (Wildman–Crippen LogP) is 8.57. The van der Waals surface area contributed by atoms with Crippen LogP contribution in [0.15, 0.2) is 131 Å². The van der Waals surface area contributed by atoms with Crippen LogP contribution < -0.4 is 14.9 Å². The highest BCUT2D eigenvalue weighted by molar-refractivity contribution is 7.99. The van der Waals surface area contributed by atoms with Crippen molar-refractivity contribution in [2.45, 2.75) is 29.3 Å². The summed E-state index contributed by atoms with van der Waals surface area (Å²) in [7, 11) is -4.24. The number of aromatic nitrogens is 2. The number of hydrogen-bond donors (Lipinski definition) is 2. The van der Waals surface area contributed by atoms with E-state index in [1.54, 1.807) is 17.8 Å². The lowest BCUT2D eigenvalue weighted by atomic mass is 9.99. The molecule has 0 aliphatic carbocycles. The van der Waals surface area contributed by atoms with E-state index >= 15 is 0 Å². The quantitative estimate of drug-likeness (QED) is 0.0667. The molecule has 2 N–H and O–H groups in total. The monoisotopic (exact) mass is 779 g/mol. The molecule has 0 bridgehead atoms. The molecule has 1 aromatic heterocycles. The van der Waals surface area contributed by atoms with Gasteiger partial charge in [0.15, 0.2) is 5.82 Å². The number of sulfonamides is 1. The maximum atomic E-state index is 13.6. The van der Waals surface area contributed by atoms with E-state index in [0.29, 0.717) is 21.7 Å². The third kappa shape index (κ3) is 8.77. The molecule has 2 heterocycles. The molecule has 0 saturated carbocycles. The largest absolute Gasteiger partial charge is 0.376 e. The summed E-state index contributed by atoms with van der Waals surface area (Å²) in [6.07, 6.45) is 1.31. The smallest absolute Gasteiger partial charge is 0.293 e. The average molecular weight is 780 g/mol. The fraction of sp³-hybridized carbons (Fsp3) is 0.200. The molecule has 6 aromatic rings. The normalized spacial score (nSPS) is 14.1. The van der Waals surface area contributed by atoms with Crippen molar-refractivity contribution in [1.82, 2.24) is 14.9 Å². The van der Waals surface area contributed by atoms with Gasteiger partial charge in [-0.05, 0) is 78.2 Å². The molecule has 7 rings (SSSR count). The van der Waals surface area contributed by atoms with Crippen LogP contribution in [0.4, 0.5) is 22.9 Å². The van der Waals surface area contributed by atoms with Gasteiger partial charge in [-0.2, -0.15) is 0 Å². The van der Waals surface area contributed by atoms with Gasteiger partial charge in [0.05, 0.1) is 15.3 Å². The second kappa shape index (κ2) is 16.4. The molecule has 276 valence electrons. The van der Waals surface area contributed by atoms with Crippen LogP contribution in [0.2, 0.25) is 5.02 Å². The summed E-state index contributed by atoms with van der Waals surface area (Å²) in [4.78, 5) is 25.7. The molecular weight excluding hydrogens is 742 g/mol. The molecule has 1 aliphatic rings. The van der Waals surface area contributed by atoms with Crippen molar-refractivity contribution in [1.29, 1.82) is 0 Å². The maximum Gasteiger partial charge on any atom is 0.293 e. The Morgan fingerprint density at radius 1 is 0.889 bits per heavy atom. The molecule has 1 saturated heterocycles. The van der Waals surface area contributed by atoms with Crippen LogP contribution in [0.3, 0.4) is 0 Å². The van der Waals surface area contributed by atoms with Crippen molar-refractivity contribution >= 4 is 67.2 Å². The van der Waals surface area contributed by atoms with E-state index in [1.807, 2.05) is 79.7 Å². The number of thioether (sulfide) groups is 1. The highest BCUT2D eigenvalue weighted by Gasteiger charge is 2.24. The van der Waals surface area contributed by atoms with E-state index < -0.39 is 14.9 Å². The Morgan fingerprint density at radius 2 is 1.63 bits per heavy atom. The number of piperazine rings is 1. The van der Waals surface area contributed by atoms with E-state index in [9.17, 15) is 18.5 Å². The fourth-order valence-corrected chi connectivity index (χ4v) is 8.62. The number of nitro benzene ring substituents is 1. The van der Waals surface area contributed by atoms with Gasteiger partial charge in [0.25, 0.3) is 15.7 Å². The average Bonchev–Trinajstić information content (AvgIpc) is 3.18. The van der Waals surface area contributed by atoms with E-state index in [4.69, 9.17) is 11.6 Å². The van der Waals surface area contributed by atoms with Crippen LogP contribution in [-0.4, -0.2) is 66.2 Å². The number of nitro groups is 1. The summed E-state index contributed by atoms with van der Waals surface area (Å²) in [5, 5.41) is 16.4. The molecule has 0 unspecified atom stereocenters. The van der Waals surface area contributed by atoms with Gasteiger partial charge in [0.2, 0.25) is 0 Å². The molecule has 14 heteroatoms. The zero-order chi connectivity index (χ0) is 37.7. The Kier molecular flexibility index (Phi) is 11.3. The first-order valence-corrected chi connectivity index (χ1v) is 20.3. The molecule has 54 heavy (non-hydrogen) atoms. The molecule has 5 aromatic carbocycles. The minimum atomic E-state index is -4.24. The van der Waals surface area contributed by atoms with Gasteiger partial charge in [-0.1, -0.05) is 66.2 Å². The van der Waals surface area contributed by atoms with Crippen LogP contribution in [0.1, 0.15) is 12.5 Å². The van der Waals surface area contributed by atoms with E-state index in [1.165, 1.54) is 29.6 Å². The fourth-order valence-electron chi connectivity index (χ4n) is 6.50. The lowest BCUT2D eigenvalue weighted by Gasteiger charge is -2.36. The molecular formula is C40H38ClN7O4S2. The SMILES string of the molecule is C[C@H](CSc1ccccc1)Nc1ccc(S(=O)(=O)Nc2ncnc3cc(N4CCN(Cc5cc(Cl)ccc5-c5ccccc5)CC4)ccc23)cc1[N+](=O)[O-]. The van der Waals surface area contributed by atoms with Gasteiger partial charge in [0, 0.05) is 71.6 Å². The first-order valence-electron chi connectivity index (χ1n) is 17.4.